The fourth-order valence-corrected chi connectivity index (χ4v) is 2.55. The summed E-state index contributed by atoms with van der Waals surface area (Å²) in [5.41, 5.74) is 9.06. The number of fused-ring (bicyclic) bond motifs is 1. The molecule has 0 amide bonds. The number of rotatable bonds is 6. The molecule has 0 spiro atoms. The molecule has 0 saturated carbocycles. The molecule has 3 rings (SSSR count). The fourth-order valence-electron chi connectivity index (χ4n) is 2.55. The second-order valence-electron chi connectivity index (χ2n) is 5.59. The molecular weight excluding hydrogens is 300 g/mol. The van der Waals surface area contributed by atoms with Gasteiger partial charge in [-0.1, -0.05) is 25.1 Å². The molecule has 0 atom stereocenters. The van der Waals surface area contributed by atoms with Gasteiger partial charge < -0.3 is 11.1 Å². The highest BCUT2D eigenvalue weighted by atomic mass is 15.2. The monoisotopic (exact) mass is 322 g/mol. The van der Waals surface area contributed by atoms with Crippen molar-refractivity contribution in [3.8, 4) is 0 Å². The Hall–Kier alpha value is -2.89. The summed E-state index contributed by atoms with van der Waals surface area (Å²) in [4.78, 5) is 4.38. The zero-order chi connectivity index (χ0) is 16.8. The highest BCUT2D eigenvalue weighted by molar-refractivity contribution is 5.92. The number of hydrogen-bond acceptors (Lipinski definition) is 3. The maximum absolute atomic E-state index is 5.95. The second-order valence-corrected chi connectivity index (χ2v) is 5.59. The van der Waals surface area contributed by atoms with E-state index in [9.17, 15) is 0 Å². The lowest BCUT2D eigenvalue weighted by Crippen LogP contribution is -2.23. The van der Waals surface area contributed by atoms with Crippen molar-refractivity contribution in [3.63, 3.8) is 0 Å². The standard InChI is InChI=1S/C18H22N6/c1-2-14-7-5-8-15(13-14)21-18(19)20-11-6-10-17-23-22-16-9-3-4-12-24(16)17/h3-5,7-9,12-13H,2,6,10-11H2,1H3,(H3,19,20,21). The number of hydrogen-bond donors (Lipinski definition) is 2. The molecule has 0 fully saturated rings. The molecule has 24 heavy (non-hydrogen) atoms. The van der Waals surface area contributed by atoms with Gasteiger partial charge in [-0.25, -0.2) is 0 Å². The normalized spacial score (nSPS) is 11.8. The van der Waals surface area contributed by atoms with E-state index in [1.54, 1.807) is 0 Å². The van der Waals surface area contributed by atoms with E-state index in [4.69, 9.17) is 5.73 Å². The smallest absolute Gasteiger partial charge is 0.193 e. The van der Waals surface area contributed by atoms with E-state index < -0.39 is 0 Å². The van der Waals surface area contributed by atoms with Gasteiger partial charge in [0.15, 0.2) is 11.6 Å². The molecule has 0 bridgehead atoms. The Kier molecular flexibility index (Phi) is 5.05. The number of nitrogens with zero attached hydrogens (tertiary/aromatic N) is 4. The molecule has 2 heterocycles. The van der Waals surface area contributed by atoms with E-state index >= 15 is 0 Å². The van der Waals surface area contributed by atoms with Crippen molar-refractivity contribution in [3.05, 3.63) is 60.0 Å². The number of guanidine groups is 1. The van der Waals surface area contributed by atoms with Gasteiger partial charge in [0, 0.05) is 24.8 Å². The van der Waals surface area contributed by atoms with Crippen LogP contribution < -0.4 is 11.1 Å². The van der Waals surface area contributed by atoms with E-state index in [-0.39, 0.29) is 0 Å². The number of aryl methyl sites for hydroxylation is 2. The Morgan fingerprint density at radius 2 is 2.12 bits per heavy atom. The third-order valence-electron chi connectivity index (χ3n) is 3.83. The molecule has 3 aromatic rings. The summed E-state index contributed by atoms with van der Waals surface area (Å²) in [7, 11) is 0. The molecule has 0 aliphatic carbocycles. The van der Waals surface area contributed by atoms with Gasteiger partial charge in [-0.2, -0.15) is 0 Å². The first kappa shape index (κ1) is 16.0. The Labute approximate surface area is 141 Å². The van der Waals surface area contributed by atoms with Crippen LogP contribution in [0.1, 0.15) is 24.7 Å². The van der Waals surface area contributed by atoms with Crippen LogP contribution in [-0.2, 0) is 12.8 Å². The topological polar surface area (TPSA) is 80.6 Å². The number of aromatic nitrogens is 3. The van der Waals surface area contributed by atoms with Gasteiger partial charge >= 0.3 is 0 Å². The maximum atomic E-state index is 5.95. The van der Waals surface area contributed by atoms with Crippen LogP contribution in [0.15, 0.2) is 53.7 Å². The summed E-state index contributed by atoms with van der Waals surface area (Å²) in [5, 5.41) is 11.5. The average Bonchev–Trinajstić information content (AvgIpc) is 3.02. The first-order valence-corrected chi connectivity index (χ1v) is 8.21. The summed E-state index contributed by atoms with van der Waals surface area (Å²) in [6.07, 6.45) is 4.66. The van der Waals surface area contributed by atoms with Crippen LogP contribution in [0.4, 0.5) is 5.69 Å². The summed E-state index contributed by atoms with van der Waals surface area (Å²) in [6, 6.07) is 14.1. The molecule has 0 radical (unpaired) electrons. The van der Waals surface area contributed by atoms with Crippen molar-refractivity contribution in [1.82, 2.24) is 14.6 Å². The number of nitrogens with one attached hydrogen (secondary N) is 1. The van der Waals surface area contributed by atoms with E-state index in [1.165, 1.54) is 5.56 Å². The Balaban J connectivity index is 1.52. The first-order chi connectivity index (χ1) is 11.8. The lowest BCUT2D eigenvalue weighted by molar-refractivity contribution is 0.770. The lowest BCUT2D eigenvalue weighted by Gasteiger charge is -2.07. The Morgan fingerprint density at radius 3 is 3.00 bits per heavy atom. The van der Waals surface area contributed by atoms with Crippen LogP contribution in [0.25, 0.3) is 5.65 Å². The summed E-state index contributed by atoms with van der Waals surface area (Å²) >= 11 is 0. The SMILES string of the molecule is CCc1cccc(NC(N)=NCCCc2nnc3ccccn23)c1. The molecule has 124 valence electrons. The number of nitrogens with two attached hydrogens (primary N) is 1. The predicted octanol–water partition coefficient (Wildman–Crippen LogP) is 2.65. The molecular formula is C18H22N6. The summed E-state index contributed by atoms with van der Waals surface area (Å²) in [6.45, 7) is 2.78. The summed E-state index contributed by atoms with van der Waals surface area (Å²) in [5.74, 6) is 1.39. The van der Waals surface area contributed by atoms with Gasteiger partial charge in [0.1, 0.15) is 5.82 Å². The number of benzene rings is 1. The van der Waals surface area contributed by atoms with Crippen molar-refractivity contribution in [2.75, 3.05) is 11.9 Å². The van der Waals surface area contributed by atoms with Crippen LogP contribution in [-0.4, -0.2) is 27.1 Å². The van der Waals surface area contributed by atoms with Crippen molar-refractivity contribution in [2.24, 2.45) is 10.7 Å². The van der Waals surface area contributed by atoms with E-state index in [0.29, 0.717) is 12.5 Å². The first-order valence-electron chi connectivity index (χ1n) is 8.21. The van der Waals surface area contributed by atoms with Gasteiger partial charge in [0.25, 0.3) is 0 Å². The lowest BCUT2D eigenvalue weighted by atomic mass is 10.1. The minimum atomic E-state index is 0.439. The molecule has 6 nitrogen and oxygen atoms in total. The van der Waals surface area contributed by atoms with E-state index in [0.717, 1.165) is 36.4 Å². The predicted molar refractivity (Wildman–Crippen MR) is 97.2 cm³/mol. The van der Waals surface area contributed by atoms with Gasteiger partial charge in [-0.15, -0.1) is 10.2 Å². The van der Waals surface area contributed by atoms with Crippen LogP contribution in [0.3, 0.4) is 0 Å². The zero-order valence-electron chi connectivity index (χ0n) is 13.8. The third kappa shape index (κ3) is 3.90. The van der Waals surface area contributed by atoms with Crippen molar-refractivity contribution < 1.29 is 0 Å². The van der Waals surface area contributed by atoms with Crippen molar-refractivity contribution >= 4 is 17.3 Å². The molecule has 1 aromatic carbocycles. The second kappa shape index (κ2) is 7.59. The quantitative estimate of drug-likeness (QED) is 0.415. The van der Waals surface area contributed by atoms with Crippen molar-refractivity contribution in [1.29, 1.82) is 0 Å². The molecule has 3 N–H and O–H groups in total. The Morgan fingerprint density at radius 1 is 1.21 bits per heavy atom. The van der Waals surface area contributed by atoms with Gasteiger partial charge in [-0.3, -0.25) is 9.39 Å². The maximum Gasteiger partial charge on any atom is 0.193 e. The number of aliphatic imine (C=N–C) groups is 1. The number of anilines is 1. The van der Waals surface area contributed by atoms with Crippen molar-refractivity contribution in [2.45, 2.75) is 26.2 Å². The molecule has 2 aromatic heterocycles. The van der Waals surface area contributed by atoms with Crippen LogP contribution in [0.5, 0.6) is 0 Å². The third-order valence-corrected chi connectivity index (χ3v) is 3.83. The molecule has 0 unspecified atom stereocenters. The van der Waals surface area contributed by atoms with E-state index in [2.05, 4.69) is 39.6 Å². The Bertz CT molecular complexity index is 836. The van der Waals surface area contributed by atoms with Crippen LogP contribution in [0, 0.1) is 0 Å². The summed E-state index contributed by atoms with van der Waals surface area (Å²) < 4.78 is 2.00. The largest absolute Gasteiger partial charge is 0.370 e. The minimum absolute atomic E-state index is 0.439. The average molecular weight is 322 g/mol. The minimum Gasteiger partial charge on any atom is -0.370 e. The number of pyridine rings is 1. The molecule has 0 aliphatic heterocycles. The molecule has 0 saturated heterocycles. The van der Waals surface area contributed by atoms with Gasteiger partial charge in [-0.05, 0) is 42.7 Å². The van der Waals surface area contributed by atoms with Crippen LogP contribution >= 0.6 is 0 Å². The highest BCUT2D eigenvalue weighted by Gasteiger charge is 2.03. The van der Waals surface area contributed by atoms with E-state index in [1.807, 2.05) is 40.9 Å². The van der Waals surface area contributed by atoms with Gasteiger partial charge in [0.2, 0.25) is 0 Å². The molecule has 0 aliphatic rings. The van der Waals surface area contributed by atoms with Crippen LogP contribution in [0.2, 0.25) is 0 Å². The fraction of sp³-hybridized carbons (Fsp3) is 0.278. The highest BCUT2D eigenvalue weighted by Crippen LogP contribution is 2.10. The van der Waals surface area contributed by atoms with Gasteiger partial charge in [0.05, 0.1) is 0 Å². The zero-order valence-corrected chi connectivity index (χ0v) is 13.8. The molecule has 6 heteroatoms.